The minimum absolute atomic E-state index is 0.123. The average Bonchev–Trinajstić information content (AvgIpc) is 2.64. The van der Waals surface area contributed by atoms with E-state index in [1.807, 2.05) is 23.1 Å². The number of likely N-dealkylation sites (tertiary alicyclic amines) is 1. The topological polar surface area (TPSA) is 64.4 Å². The van der Waals surface area contributed by atoms with E-state index in [0.717, 1.165) is 31.4 Å². The van der Waals surface area contributed by atoms with Crippen molar-refractivity contribution < 1.29 is 9.53 Å². The summed E-state index contributed by atoms with van der Waals surface area (Å²) in [6, 6.07) is 11.1. The number of fused-ring (bicyclic) bond motifs is 1. The zero-order valence-corrected chi connectivity index (χ0v) is 14.3. The fourth-order valence-electron chi connectivity index (χ4n) is 3.70. The van der Waals surface area contributed by atoms with E-state index in [1.165, 1.54) is 22.4 Å². The van der Waals surface area contributed by atoms with Crippen molar-refractivity contribution >= 4 is 5.91 Å². The number of piperidine rings is 1. The maximum Gasteiger partial charge on any atom is 0.274 e. The molecule has 0 N–H and O–H groups in total. The number of aromatic nitrogens is 2. The Hall–Kier alpha value is -2.63. The van der Waals surface area contributed by atoms with Crippen LogP contribution in [0, 0.1) is 0 Å². The van der Waals surface area contributed by atoms with Gasteiger partial charge in [0, 0.05) is 39.0 Å². The van der Waals surface area contributed by atoms with E-state index in [9.17, 15) is 9.59 Å². The van der Waals surface area contributed by atoms with Crippen LogP contribution in [-0.4, -0.2) is 39.3 Å². The second-order valence-corrected chi connectivity index (χ2v) is 6.87. The summed E-state index contributed by atoms with van der Waals surface area (Å²) in [5.41, 5.74) is 1.19. The molecule has 25 heavy (non-hydrogen) atoms. The molecule has 1 fully saturated rings. The second kappa shape index (κ2) is 6.02. The zero-order chi connectivity index (χ0) is 17.4. The number of ether oxygens (including phenoxy) is 1. The second-order valence-electron chi connectivity index (χ2n) is 6.87. The zero-order valence-electron chi connectivity index (χ0n) is 14.3. The fraction of sp³-hybridized carbons (Fsp3) is 0.421. The van der Waals surface area contributed by atoms with Crippen molar-refractivity contribution in [2.45, 2.75) is 31.3 Å². The maximum absolute atomic E-state index is 12.6. The number of carbonyl (C=O) groups excluding carboxylic acids is 1. The van der Waals surface area contributed by atoms with Gasteiger partial charge in [-0.15, -0.1) is 0 Å². The summed E-state index contributed by atoms with van der Waals surface area (Å²) in [6.45, 7) is 1.29. The highest BCUT2D eigenvalue weighted by Gasteiger charge is 2.40. The van der Waals surface area contributed by atoms with E-state index in [4.69, 9.17) is 4.74 Å². The van der Waals surface area contributed by atoms with Crippen LogP contribution in [-0.2, 0) is 13.5 Å². The van der Waals surface area contributed by atoms with E-state index in [0.29, 0.717) is 18.8 Å². The van der Waals surface area contributed by atoms with Gasteiger partial charge in [-0.2, -0.15) is 5.10 Å². The van der Waals surface area contributed by atoms with Crippen molar-refractivity contribution in [1.29, 1.82) is 0 Å². The number of aryl methyl sites for hydroxylation is 2. The Morgan fingerprint density at radius 1 is 1.12 bits per heavy atom. The van der Waals surface area contributed by atoms with E-state index in [1.54, 1.807) is 7.05 Å². The van der Waals surface area contributed by atoms with Gasteiger partial charge in [0.25, 0.3) is 11.5 Å². The molecule has 1 saturated heterocycles. The summed E-state index contributed by atoms with van der Waals surface area (Å²) in [5, 5.41) is 4.06. The summed E-state index contributed by atoms with van der Waals surface area (Å²) in [6.07, 6.45) is 3.65. The van der Waals surface area contributed by atoms with Crippen LogP contribution >= 0.6 is 0 Å². The third-order valence-electron chi connectivity index (χ3n) is 5.29. The van der Waals surface area contributed by atoms with Crippen LogP contribution in [0.2, 0.25) is 0 Å². The molecule has 4 rings (SSSR count). The fourth-order valence-corrected chi connectivity index (χ4v) is 3.70. The van der Waals surface area contributed by atoms with Crippen LogP contribution in [0.15, 0.2) is 41.2 Å². The molecule has 0 radical (unpaired) electrons. The Balaban J connectivity index is 1.46. The highest BCUT2D eigenvalue weighted by atomic mass is 16.5. The lowest BCUT2D eigenvalue weighted by Crippen LogP contribution is -2.51. The van der Waals surface area contributed by atoms with Gasteiger partial charge in [-0.05, 0) is 30.5 Å². The Bertz CT molecular complexity index is 866. The van der Waals surface area contributed by atoms with Crippen LogP contribution in [0.4, 0.5) is 0 Å². The third-order valence-corrected chi connectivity index (χ3v) is 5.29. The molecule has 0 saturated carbocycles. The maximum atomic E-state index is 12.6. The van der Waals surface area contributed by atoms with Gasteiger partial charge in [-0.3, -0.25) is 9.59 Å². The van der Waals surface area contributed by atoms with Crippen LogP contribution in [0.25, 0.3) is 0 Å². The highest BCUT2D eigenvalue weighted by Crippen LogP contribution is 2.39. The molecule has 0 atom stereocenters. The number of hydrogen-bond acceptors (Lipinski definition) is 4. The van der Waals surface area contributed by atoms with Crippen LogP contribution in [0.5, 0.6) is 5.75 Å². The average molecular weight is 339 g/mol. The molecule has 2 aliphatic rings. The summed E-state index contributed by atoms with van der Waals surface area (Å²) in [4.78, 5) is 25.9. The molecule has 1 amide bonds. The number of rotatable bonds is 1. The Morgan fingerprint density at radius 3 is 2.64 bits per heavy atom. The standard InChI is InChI=1S/C19H21N3O3/c1-21-17(23)7-6-15(20-21)18(24)22-12-10-19(11-13-22)9-8-14-4-2-3-5-16(14)25-19/h2-7H,8-13H2,1H3. The lowest BCUT2D eigenvalue weighted by Gasteiger charge is -2.44. The van der Waals surface area contributed by atoms with E-state index in [-0.39, 0.29) is 17.1 Å². The first-order valence-electron chi connectivity index (χ1n) is 8.67. The molecule has 3 heterocycles. The Labute approximate surface area is 146 Å². The minimum Gasteiger partial charge on any atom is -0.487 e. The SMILES string of the molecule is Cn1nc(C(=O)N2CCC3(CCc4ccccc4O3)CC2)ccc1=O. The van der Waals surface area contributed by atoms with Crippen molar-refractivity contribution in [3.63, 3.8) is 0 Å². The number of hydrogen-bond donors (Lipinski definition) is 0. The first kappa shape index (κ1) is 15.9. The van der Waals surface area contributed by atoms with E-state index in [2.05, 4.69) is 11.2 Å². The third kappa shape index (κ3) is 2.92. The monoisotopic (exact) mass is 339 g/mol. The van der Waals surface area contributed by atoms with Gasteiger partial charge in [0.15, 0.2) is 0 Å². The van der Waals surface area contributed by atoms with Gasteiger partial charge in [0.1, 0.15) is 17.0 Å². The first-order valence-corrected chi connectivity index (χ1v) is 8.67. The van der Waals surface area contributed by atoms with Crippen molar-refractivity contribution in [3.8, 4) is 5.75 Å². The predicted octanol–water partition coefficient (Wildman–Crippen LogP) is 1.78. The molecule has 0 aliphatic carbocycles. The molecule has 1 aromatic carbocycles. The summed E-state index contributed by atoms with van der Waals surface area (Å²) < 4.78 is 7.52. The number of amides is 1. The lowest BCUT2D eigenvalue weighted by atomic mass is 9.83. The van der Waals surface area contributed by atoms with Crippen LogP contribution in [0.1, 0.15) is 35.3 Å². The molecule has 1 aromatic heterocycles. The van der Waals surface area contributed by atoms with Crippen molar-refractivity contribution in [3.05, 3.63) is 58.0 Å². The summed E-state index contributed by atoms with van der Waals surface area (Å²) >= 11 is 0. The Kier molecular flexibility index (Phi) is 3.82. The lowest BCUT2D eigenvalue weighted by molar-refractivity contribution is -0.0108. The van der Waals surface area contributed by atoms with E-state index < -0.39 is 0 Å². The van der Waals surface area contributed by atoms with Gasteiger partial charge in [0.05, 0.1) is 0 Å². The largest absolute Gasteiger partial charge is 0.487 e. The first-order chi connectivity index (χ1) is 12.1. The van der Waals surface area contributed by atoms with Gasteiger partial charge < -0.3 is 9.64 Å². The minimum atomic E-state index is -0.219. The normalized spacial score (nSPS) is 18.5. The molecule has 6 nitrogen and oxygen atoms in total. The molecule has 1 spiro atoms. The summed E-state index contributed by atoms with van der Waals surface area (Å²) in [5.74, 6) is 0.856. The smallest absolute Gasteiger partial charge is 0.274 e. The number of para-hydroxylation sites is 1. The summed E-state index contributed by atoms with van der Waals surface area (Å²) in [7, 11) is 1.55. The highest BCUT2D eigenvalue weighted by molar-refractivity contribution is 5.92. The molecule has 0 bridgehead atoms. The Morgan fingerprint density at radius 2 is 1.88 bits per heavy atom. The molecular formula is C19H21N3O3. The molecule has 130 valence electrons. The molecule has 2 aromatic rings. The van der Waals surface area contributed by atoms with Gasteiger partial charge in [-0.25, -0.2) is 4.68 Å². The molecular weight excluding hydrogens is 318 g/mol. The van der Waals surface area contributed by atoms with Gasteiger partial charge in [-0.1, -0.05) is 18.2 Å². The molecule has 6 heteroatoms. The van der Waals surface area contributed by atoms with Crippen molar-refractivity contribution in [2.24, 2.45) is 7.05 Å². The molecule has 2 aliphatic heterocycles. The van der Waals surface area contributed by atoms with E-state index >= 15 is 0 Å². The van der Waals surface area contributed by atoms with Crippen molar-refractivity contribution in [2.75, 3.05) is 13.1 Å². The van der Waals surface area contributed by atoms with Crippen LogP contribution in [0.3, 0.4) is 0 Å². The molecule has 0 unspecified atom stereocenters. The van der Waals surface area contributed by atoms with Gasteiger partial charge in [0.2, 0.25) is 0 Å². The number of benzene rings is 1. The number of nitrogens with zero attached hydrogens (tertiary/aromatic N) is 3. The quantitative estimate of drug-likeness (QED) is 0.794. The predicted molar refractivity (Wildman–Crippen MR) is 92.7 cm³/mol. The van der Waals surface area contributed by atoms with Gasteiger partial charge >= 0.3 is 0 Å². The van der Waals surface area contributed by atoms with Crippen LogP contribution < -0.4 is 10.3 Å². The number of carbonyl (C=O) groups is 1. The van der Waals surface area contributed by atoms with Crippen molar-refractivity contribution in [1.82, 2.24) is 14.7 Å².